The molecule has 0 radical (unpaired) electrons. The minimum Gasteiger partial charge on any atom is -0.481 e. The van der Waals surface area contributed by atoms with E-state index in [1.165, 1.54) is 4.80 Å². The third-order valence-electron chi connectivity index (χ3n) is 3.55. The Morgan fingerprint density at radius 2 is 2.10 bits per heavy atom. The van der Waals surface area contributed by atoms with E-state index in [1.807, 2.05) is 20.8 Å². The number of carboxylic acids is 1. The Balaban J connectivity index is 1.93. The summed E-state index contributed by atoms with van der Waals surface area (Å²) in [6.45, 7) is 5.82. The number of carboxylic acid groups (broad SMARTS) is 1. The Bertz CT molecular complexity index is 534. The lowest BCUT2D eigenvalue weighted by Crippen LogP contribution is -2.41. The Hall–Kier alpha value is -1.99. The number of nitrogens with one attached hydrogen (secondary N) is 1. The number of nitrogens with zero attached hydrogens (tertiary/aromatic N) is 4. The molecule has 1 aliphatic carbocycles. The topological polar surface area (TPSA) is 110 Å². The second-order valence-corrected chi connectivity index (χ2v) is 6.39. The van der Waals surface area contributed by atoms with Crippen LogP contribution in [0.15, 0.2) is 0 Å². The standard InChI is InChI=1S/C13H21N5O3/c1-13(2,3)18-16-10(15-17-18)7-11(19)14-9-6-4-5-8(9)12(20)21/h8-9H,4-7H2,1-3H3,(H,14,19)(H,20,21)/t8-,9+/m0/s1. The van der Waals surface area contributed by atoms with E-state index in [0.29, 0.717) is 18.7 Å². The molecule has 1 amide bonds. The molecule has 8 nitrogen and oxygen atoms in total. The van der Waals surface area contributed by atoms with Gasteiger partial charge in [0.25, 0.3) is 0 Å². The second-order valence-electron chi connectivity index (χ2n) is 6.39. The summed E-state index contributed by atoms with van der Waals surface area (Å²) in [5, 5.41) is 23.8. The first kappa shape index (κ1) is 15.4. The first-order valence-electron chi connectivity index (χ1n) is 7.09. The van der Waals surface area contributed by atoms with Crippen LogP contribution in [0, 0.1) is 5.92 Å². The molecule has 2 rings (SSSR count). The van der Waals surface area contributed by atoms with Gasteiger partial charge in [0.15, 0.2) is 5.82 Å². The molecule has 116 valence electrons. The molecule has 0 saturated heterocycles. The molecular weight excluding hydrogens is 274 g/mol. The van der Waals surface area contributed by atoms with Gasteiger partial charge in [-0.3, -0.25) is 9.59 Å². The quantitative estimate of drug-likeness (QED) is 0.829. The maximum atomic E-state index is 12.0. The van der Waals surface area contributed by atoms with E-state index in [1.54, 1.807) is 0 Å². The predicted octanol–water partition coefficient (Wildman–Crippen LogP) is 0.340. The lowest BCUT2D eigenvalue weighted by atomic mass is 10.0. The average Bonchev–Trinajstić information content (AvgIpc) is 2.96. The van der Waals surface area contributed by atoms with Gasteiger partial charge in [-0.2, -0.15) is 4.80 Å². The van der Waals surface area contributed by atoms with Crippen LogP contribution in [0.25, 0.3) is 0 Å². The van der Waals surface area contributed by atoms with E-state index in [-0.39, 0.29) is 23.9 Å². The second kappa shape index (κ2) is 5.79. The molecule has 1 aromatic heterocycles. The zero-order chi connectivity index (χ0) is 15.6. The Morgan fingerprint density at radius 3 is 2.67 bits per heavy atom. The van der Waals surface area contributed by atoms with Crippen molar-refractivity contribution in [1.29, 1.82) is 0 Å². The molecule has 0 spiro atoms. The molecule has 0 bridgehead atoms. The van der Waals surface area contributed by atoms with Gasteiger partial charge in [-0.05, 0) is 38.8 Å². The van der Waals surface area contributed by atoms with Crippen molar-refractivity contribution in [2.75, 3.05) is 0 Å². The maximum absolute atomic E-state index is 12.0. The molecule has 1 heterocycles. The molecule has 1 aromatic rings. The number of carbonyl (C=O) groups is 2. The monoisotopic (exact) mass is 295 g/mol. The van der Waals surface area contributed by atoms with Crippen LogP contribution in [0.1, 0.15) is 45.9 Å². The summed E-state index contributed by atoms with van der Waals surface area (Å²) < 4.78 is 0. The zero-order valence-electron chi connectivity index (χ0n) is 12.5. The summed E-state index contributed by atoms with van der Waals surface area (Å²) in [4.78, 5) is 24.5. The number of aliphatic carboxylic acids is 1. The van der Waals surface area contributed by atoms with Gasteiger partial charge < -0.3 is 10.4 Å². The highest BCUT2D eigenvalue weighted by molar-refractivity contribution is 5.79. The normalized spacial score (nSPS) is 22.2. The first-order valence-corrected chi connectivity index (χ1v) is 7.09. The number of carbonyl (C=O) groups excluding carboxylic acids is 1. The maximum Gasteiger partial charge on any atom is 0.308 e. The Kier molecular flexibility index (Phi) is 4.24. The van der Waals surface area contributed by atoms with Gasteiger partial charge in [0.1, 0.15) is 0 Å². The van der Waals surface area contributed by atoms with Gasteiger partial charge in [-0.1, -0.05) is 6.42 Å². The molecule has 0 aromatic carbocycles. The summed E-state index contributed by atoms with van der Waals surface area (Å²) >= 11 is 0. The molecule has 1 saturated carbocycles. The largest absolute Gasteiger partial charge is 0.481 e. The molecule has 2 N–H and O–H groups in total. The Labute approximate surface area is 122 Å². The van der Waals surface area contributed by atoms with Gasteiger partial charge >= 0.3 is 5.97 Å². The van der Waals surface area contributed by atoms with Gasteiger partial charge in [-0.15, -0.1) is 10.2 Å². The number of amides is 1. The number of hydrogen-bond acceptors (Lipinski definition) is 5. The van der Waals surface area contributed by atoms with Crippen LogP contribution < -0.4 is 5.32 Å². The molecule has 0 unspecified atom stereocenters. The van der Waals surface area contributed by atoms with Crippen LogP contribution >= 0.6 is 0 Å². The van der Waals surface area contributed by atoms with E-state index >= 15 is 0 Å². The Morgan fingerprint density at radius 1 is 1.38 bits per heavy atom. The smallest absolute Gasteiger partial charge is 0.308 e. The molecule has 1 aliphatic rings. The zero-order valence-corrected chi connectivity index (χ0v) is 12.5. The summed E-state index contributed by atoms with van der Waals surface area (Å²) in [5.41, 5.74) is -0.290. The third-order valence-corrected chi connectivity index (χ3v) is 3.55. The minimum atomic E-state index is -0.852. The summed E-state index contributed by atoms with van der Waals surface area (Å²) in [7, 11) is 0. The van der Waals surface area contributed by atoms with Crippen LogP contribution in [-0.4, -0.2) is 43.2 Å². The number of rotatable bonds is 4. The fraction of sp³-hybridized carbons (Fsp3) is 0.769. The predicted molar refractivity (Wildman–Crippen MR) is 73.4 cm³/mol. The SMILES string of the molecule is CC(C)(C)n1nnc(CC(=O)N[C@@H]2CCC[C@@H]2C(=O)O)n1. The lowest BCUT2D eigenvalue weighted by molar-refractivity contribution is -0.142. The van der Waals surface area contributed by atoms with Crippen LogP contribution in [0.4, 0.5) is 0 Å². The van der Waals surface area contributed by atoms with Gasteiger partial charge in [0.05, 0.1) is 17.9 Å². The molecule has 1 fully saturated rings. The van der Waals surface area contributed by atoms with Crippen molar-refractivity contribution in [3.05, 3.63) is 5.82 Å². The number of hydrogen-bond donors (Lipinski definition) is 2. The van der Waals surface area contributed by atoms with Crippen molar-refractivity contribution in [3.8, 4) is 0 Å². The van der Waals surface area contributed by atoms with Crippen LogP contribution in [0.5, 0.6) is 0 Å². The van der Waals surface area contributed by atoms with Crippen molar-refractivity contribution in [3.63, 3.8) is 0 Å². The van der Waals surface area contributed by atoms with Crippen molar-refractivity contribution < 1.29 is 14.7 Å². The summed E-state index contributed by atoms with van der Waals surface area (Å²) in [5.74, 6) is -1.27. The van der Waals surface area contributed by atoms with Gasteiger partial charge in [0.2, 0.25) is 5.91 Å². The van der Waals surface area contributed by atoms with Crippen molar-refractivity contribution >= 4 is 11.9 Å². The van der Waals surface area contributed by atoms with Gasteiger partial charge in [0, 0.05) is 6.04 Å². The highest BCUT2D eigenvalue weighted by Crippen LogP contribution is 2.25. The molecule has 21 heavy (non-hydrogen) atoms. The van der Waals surface area contributed by atoms with E-state index in [2.05, 4.69) is 20.7 Å². The fourth-order valence-corrected chi connectivity index (χ4v) is 2.43. The number of aromatic nitrogens is 4. The van der Waals surface area contributed by atoms with Crippen LogP contribution in [0.3, 0.4) is 0 Å². The highest BCUT2D eigenvalue weighted by atomic mass is 16.4. The lowest BCUT2D eigenvalue weighted by Gasteiger charge is -2.17. The summed E-state index contributed by atoms with van der Waals surface area (Å²) in [6.07, 6.45) is 2.14. The number of tetrazole rings is 1. The molecule has 2 atom stereocenters. The van der Waals surface area contributed by atoms with E-state index < -0.39 is 11.9 Å². The molecule has 8 heteroatoms. The van der Waals surface area contributed by atoms with Crippen molar-refractivity contribution in [2.24, 2.45) is 5.92 Å². The van der Waals surface area contributed by atoms with Gasteiger partial charge in [-0.25, -0.2) is 0 Å². The first-order chi connectivity index (χ1) is 9.77. The third kappa shape index (κ3) is 3.77. The fourth-order valence-electron chi connectivity index (χ4n) is 2.43. The minimum absolute atomic E-state index is 0.0128. The van der Waals surface area contributed by atoms with E-state index in [9.17, 15) is 9.59 Å². The van der Waals surface area contributed by atoms with Crippen LogP contribution in [-0.2, 0) is 21.5 Å². The summed E-state index contributed by atoms with van der Waals surface area (Å²) in [6, 6.07) is -0.298. The average molecular weight is 295 g/mol. The molecular formula is C13H21N5O3. The van der Waals surface area contributed by atoms with E-state index in [0.717, 1.165) is 6.42 Å². The van der Waals surface area contributed by atoms with Crippen molar-refractivity contribution in [1.82, 2.24) is 25.5 Å². The van der Waals surface area contributed by atoms with Crippen molar-refractivity contribution in [2.45, 2.75) is 58.0 Å². The van der Waals surface area contributed by atoms with E-state index in [4.69, 9.17) is 5.11 Å². The van der Waals surface area contributed by atoms with Crippen LogP contribution in [0.2, 0.25) is 0 Å². The highest BCUT2D eigenvalue weighted by Gasteiger charge is 2.34. The molecule has 0 aliphatic heterocycles.